The highest BCUT2D eigenvalue weighted by Gasteiger charge is 2.15. The minimum atomic E-state index is 0.133. The van der Waals surface area contributed by atoms with Gasteiger partial charge >= 0.3 is 0 Å². The quantitative estimate of drug-likeness (QED) is 0.708. The summed E-state index contributed by atoms with van der Waals surface area (Å²) in [6.45, 7) is 2.07. The molecule has 3 aromatic rings. The highest BCUT2D eigenvalue weighted by Crippen LogP contribution is 2.30. The van der Waals surface area contributed by atoms with Gasteiger partial charge in [0.25, 0.3) is 0 Å². The first-order chi connectivity index (χ1) is 10.2. The van der Waals surface area contributed by atoms with E-state index in [9.17, 15) is 0 Å². The summed E-state index contributed by atoms with van der Waals surface area (Å²) in [7, 11) is 1.99. The zero-order valence-corrected chi connectivity index (χ0v) is 13.0. The molecule has 1 atom stereocenters. The van der Waals surface area contributed by atoms with Crippen molar-refractivity contribution in [2.24, 2.45) is 0 Å². The Bertz CT molecular complexity index is 754. The van der Waals surface area contributed by atoms with Gasteiger partial charge in [-0.3, -0.25) is 0 Å². The van der Waals surface area contributed by atoms with Crippen LogP contribution in [0.5, 0.6) is 0 Å². The van der Waals surface area contributed by atoms with Crippen molar-refractivity contribution in [3.63, 3.8) is 0 Å². The minimum absolute atomic E-state index is 0.133. The van der Waals surface area contributed by atoms with E-state index >= 15 is 0 Å². The van der Waals surface area contributed by atoms with Gasteiger partial charge in [-0.15, -0.1) is 0 Å². The number of hydrogen-bond acceptors (Lipinski definition) is 1. The summed E-state index contributed by atoms with van der Waals surface area (Å²) < 4.78 is 0. The summed E-state index contributed by atoms with van der Waals surface area (Å²) in [6, 6.07) is 21.3. The van der Waals surface area contributed by atoms with Gasteiger partial charge in [0.2, 0.25) is 0 Å². The first-order valence-electron chi connectivity index (χ1n) is 7.11. The number of aryl methyl sites for hydroxylation is 1. The third kappa shape index (κ3) is 2.80. The normalized spacial score (nSPS) is 12.5. The third-order valence-corrected chi connectivity index (χ3v) is 4.04. The van der Waals surface area contributed by atoms with Crippen LogP contribution in [0, 0.1) is 6.92 Å². The molecule has 0 spiro atoms. The maximum Gasteiger partial charge on any atom is 0.0581 e. The van der Waals surface area contributed by atoms with Crippen LogP contribution in [-0.4, -0.2) is 7.05 Å². The molecule has 0 aliphatic carbocycles. The van der Waals surface area contributed by atoms with E-state index in [-0.39, 0.29) is 6.04 Å². The molecule has 1 nitrogen and oxygen atoms in total. The zero-order chi connectivity index (χ0) is 14.8. The largest absolute Gasteiger partial charge is 0.309 e. The van der Waals surface area contributed by atoms with E-state index in [2.05, 4.69) is 60.8 Å². The Hall–Kier alpha value is -1.83. The van der Waals surface area contributed by atoms with Gasteiger partial charge in [0.15, 0.2) is 0 Å². The van der Waals surface area contributed by atoms with Crippen LogP contribution in [0.2, 0.25) is 5.02 Å². The second-order valence-corrected chi connectivity index (χ2v) is 5.79. The molecule has 3 rings (SSSR count). The molecule has 106 valence electrons. The third-order valence-electron chi connectivity index (χ3n) is 3.82. The van der Waals surface area contributed by atoms with Gasteiger partial charge in [0.1, 0.15) is 0 Å². The van der Waals surface area contributed by atoms with E-state index < -0.39 is 0 Å². The first kappa shape index (κ1) is 14.1. The van der Waals surface area contributed by atoms with Crippen LogP contribution < -0.4 is 5.32 Å². The van der Waals surface area contributed by atoms with E-state index in [4.69, 9.17) is 11.6 Å². The van der Waals surface area contributed by atoms with Crippen LogP contribution in [0.4, 0.5) is 0 Å². The lowest BCUT2D eigenvalue weighted by atomic mass is 9.93. The average Bonchev–Trinajstić information content (AvgIpc) is 2.47. The molecule has 3 aromatic carbocycles. The van der Waals surface area contributed by atoms with Crippen molar-refractivity contribution in [1.82, 2.24) is 5.32 Å². The Morgan fingerprint density at radius 1 is 0.952 bits per heavy atom. The predicted molar refractivity (Wildman–Crippen MR) is 91.0 cm³/mol. The van der Waals surface area contributed by atoms with Crippen LogP contribution >= 0.6 is 11.6 Å². The summed E-state index contributed by atoms with van der Waals surface area (Å²) in [5.74, 6) is 0. The lowest BCUT2D eigenvalue weighted by Crippen LogP contribution is -2.18. The van der Waals surface area contributed by atoms with Crippen LogP contribution in [0.3, 0.4) is 0 Å². The highest BCUT2D eigenvalue weighted by atomic mass is 35.5. The van der Waals surface area contributed by atoms with Crippen molar-refractivity contribution in [2.75, 3.05) is 7.05 Å². The molecule has 0 amide bonds. The van der Waals surface area contributed by atoms with Gasteiger partial charge < -0.3 is 5.32 Å². The molecule has 0 heterocycles. The van der Waals surface area contributed by atoms with E-state index in [0.717, 1.165) is 5.02 Å². The molecule has 0 aromatic heterocycles. The highest BCUT2D eigenvalue weighted by molar-refractivity contribution is 6.30. The average molecular weight is 296 g/mol. The lowest BCUT2D eigenvalue weighted by Gasteiger charge is -2.20. The lowest BCUT2D eigenvalue weighted by molar-refractivity contribution is 0.696. The summed E-state index contributed by atoms with van der Waals surface area (Å²) in [5, 5.41) is 6.74. The second kappa shape index (κ2) is 5.88. The van der Waals surface area contributed by atoms with Crippen LogP contribution in [0.1, 0.15) is 22.7 Å². The van der Waals surface area contributed by atoms with Crippen molar-refractivity contribution < 1.29 is 0 Å². The second-order valence-electron chi connectivity index (χ2n) is 5.35. The van der Waals surface area contributed by atoms with Gasteiger partial charge in [0, 0.05) is 5.02 Å². The topological polar surface area (TPSA) is 12.0 Å². The molecule has 0 saturated carbocycles. The molecule has 1 N–H and O–H groups in total. The Kier molecular flexibility index (Phi) is 3.96. The van der Waals surface area contributed by atoms with E-state index in [0.29, 0.717) is 0 Å². The summed E-state index contributed by atoms with van der Waals surface area (Å²) in [4.78, 5) is 0. The molecule has 0 aliphatic heterocycles. The maximum absolute atomic E-state index is 6.23. The number of rotatable bonds is 3. The van der Waals surface area contributed by atoms with Gasteiger partial charge in [-0.25, -0.2) is 0 Å². The van der Waals surface area contributed by atoms with Crippen LogP contribution in [0.25, 0.3) is 10.8 Å². The molecule has 1 unspecified atom stereocenters. The van der Waals surface area contributed by atoms with Crippen molar-refractivity contribution >= 4 is 22.4 Å². The first-order valence-corrected chi connectivity index (χ1v) is 7.49. The van der Waals surface area contributed by atoms with Crippen molar-refractivity contribution in [2.45, 2.75) is 13.0 Å². The van der Waals surface area contributed by atoms with Crippen molar-refractivity contribution in [3.05, 3.63) is 82.4 Å². The zero-order valence-electron chi connectivity index (χ0n) is 12.2. The number of fused-ring (bicyclic) bond motifs is 1. The maximum atomic E-state index is 6.23. The minimum Gasteiger partial charge on any atom is -0.309 e. The molecule has 21 heavy (non-hydrogen) atoms. The molecule has 0 saturated heterocycles. The fraction of sp³-hybridized carbons (Fsp3) is 0.158. The fourth-order valence-electron chi connectivity index (χ4n) is 2.94. The van der Waals surface area contributed by atoms with Gasteiger partial charge in [0.05, 0.1) is 6.04 Å². The number of benzene rings is 3. The number of hydrogen-bond donors (Lipinski definition) is 1. The molecule has 0 bridgehead atoms. The molecule has 0 aliphatic rings. The number of halogens is 1. The Morgan fingerprint density at radius 3 is 2.48 bits per heavy atom. The summed E-state index contributed by atoms with van der Waals surface area (Å²) in [6.07, 6.45) is 0. The monoisotopic (exact) mass is 295 g/mol. The van der Waals surface area contributed by atoms with E-state index in [1.54, 1.807) is 0 Å². The molecular weight excluding hydrogens is 278 g/mol. The smallest absolute Gasteiger partial charge is 0.0581 e. The Morgan fingerprint density at radius 2 is 1.71 bits per heavy atom. The predicted octanol–water partition coefficient (Wildman–Crippen LogP) is 5.11. The van der Waals surface area contributed by atoms with E-state index in [1.165, 1.54) is 27.5 Å². The van der Waals surface area contributed by atoms with Gasteiger partial charge in [-0.1, -0.05) is 60.1 Å². The summed E-state index contributed by atoms with van der Waals surface area (Å²) in [5.41, 5.74) is 3.65. The van der Waals surface area contributed by atoms with Gasteiger partial charge in [-0.05, 0) is 53.6 Å². The molecule has 0 radical (unpaired) electrons. The van der Waals surface area contributed by atoms with Crippen molar-refractivity contribution in [3.8, 4) is 0 Å². The molecule has 2 heteroatoms. The van der Waals surface area contributed by atoms with Gasteiger partial charge in [-0.2, -0.15) is 0 Å². The van der Waals surface area contributed by atoms with E-state index in [1.807, 2.05) is 19.2 Å². The molecule has 0 fully saturated rings. The fourth-order valence-corrected chi connectivity index (χ4v) is 3.23. The van der Waals surface area contributed by atoms with Crippen LogP contribution in [0.15, 0.2) is 60.7 Å². The Labute approximate surface area is 130 Å². The van der Waals surface area contributed by atoms with Crippen molar-refractivity contribution in [1.29, 1.82) is 0 Å². The Balaban J connectivity index is 2.18. The number of nitrogens with one attached hydrogen (secondary N) is 1. The SMILES string of the molecule is CNC(c1cc(C)cc(Cl)c1)c1cccc2ccccc12. The summed E-state index contributed by atoms with van der Waals surface area (Å²) >= 11 is 6.23. The standard InChI is InChI=1S/C19H18ClN/c1-13-10-15(12-16(20)11-13)19(21-2)18-9-5-7-14-6-3-4-8-17(14)18/h3-12,19,21H,1-2H3. The van der Waals surface area contributed by atoms with Crippen LogP contribution in [-0.2, 0) is 0 Å². The molecular formula is C19H18ClN.